The lowest BCUT2D eigenvalue weighted by molar-refractivity contribution is -0.129. The van der Waals surface area contributed by atoms with E-state index in [9.17, 15) is 4.79 Å². The summed E-state index contributed by atoms with van der Waals surface area (Å²) in [5.41, 5.74) is 6.90. The number of rotatable bonds is 4. The molecule has 1 saturated carbocycles. The summed E-state index contributed by atoms with van der Waals surface area (Å²) in [6.07, 6.45) is 11.2. The average Bonchev–Trinajstić information content (AvgIpc) is 2.27. The molecule has 90 valence electrons. The zero-order chi connectivity index (χ0) is 11.4. The molecule has 2 aliphatic carbocycles. The third-order valence-electron chi connectivity index (χ3n) is 3.81. The molecule has 0 heterocycles. The maximum atomic E-state index is 11.7. The molecule has 2 rings (SSSR count). The van der Waals surface area contributed by atoms with Gasteiger partial charge in [0.2, 0.25) is 5.91 Å². The van der Waals surface area contributed by atoms with Gasteiger partial charge in [-0.2, -0.15) is 0 Å². The molecule has 0 aromatic carbocycles. The normalized spacial score (nSPS) is 23.2. The van der Waals surface area contributed by atoms with Crippen molar-refractivity contribution in [3.05, 3.63) is 11.6 Å². The van der Waals surface area contributed by atoms with Crippen molar-refractivity contribution < 1.29 is 4.79 Å². The summed E-state index contributed by atoms with van der Waals surface area (Å²) in [6.45, 7) is 0.754. The number of hydrogen-bond donors (Lipinski definition) is 2. The Morgan fingerprint density at radius 1 is 1.38 bits per heavy atom. The SMILES string of the molecule is NC1(C(=O)NCCC2=CCCCC2)CCC1. The first-order valence-corrected chi connectivity index (χ1v) is 6.46. The van der Waals surface area contributed by atoms with Crippen LogP contribution in [0.3, 0.4) is 0 Å². The Morgan fingerprint density at radius 2 is 2.19 bits per heavy atom. The minimum atomic E-state index is -0.541. The van der Waals surface area contributed by atoms with Gasteiger partial charge in [-0.1, -0.05) is 11.6 Å². The highest BCUT2D eigenvalue weighted by molar-refractivity contribution is 5.86. The van der Waals surface area contributed by atoms with Crippen LogP contribution in [0.25, 0.3) is 0 Å². The van der Waals surface area contributed by atoms with E-state index in [4.69, 9.17) is 5.73 Å². The standard InChI is InChI=1S/C13H22N2O/c14-13(8-4-9-13)12(16)15-10-7-11-5-2-1-3-6-11/h5H,1-4,6-10,14H2,(H,15,16). The fourth-order valence-electron chi connectivity index (χ4n) is 2.43. The largest absolute Gasteiger partial charge is 0.354 e. The van der Waals surface area contributed by atoms with Crippen LogP contribution < -0.4 is 11.1 Å². The van der Waals surface area contributed by atoms with E-state index in [2.05, 4.69) is 11.4 Å². The zero-order valence-corrected chi connectivity index (χ0v) is 9.93. The molecule has 0 atom stereocenters. The van der Waals surface area contributed by atoms with Crippen LogP contribution in [0.15, 0.2) is 11.6 Å². The Bertz CT molecular complexity index is 292. The van der Waals surface area contributed by atoms with Gasteiger partial charge in [0.1, 0.15) is 0 Å². The predicted octanol–water partition coefficient (Wildman–Crippen LogP) is 1.87. The van der Waals surface area contributed by atoms with Gasteiger partial charge in [0, 0.05) is 6.54 Å². The average molecular weight is 222 g/mol. The van der Waals surface area contributed by atoms with Crippen LogP contribution in [0, 0.1) is 0 Å². The first kappa shape index (κ1) is 11.6. The second-order valence-electron chi connectivity index (χ2n) is 5.12. The number of allylic oxidation sites excluding steroid dienone is 1. The van der Waals surface area contributed by atoms with E-state index in [1.165, 1.54) is 31.3 Å². The van der Waals surface area contributed by atoms with Gasteiger partial charge in [0.25, 0.3) is 0 Å². The molecule has 3 nitrogen and oxygen atoms in total. The van der Waals surface area contributed by atoms with Crippen molar-refractivity contribution >= 4 is 5.91 Å². The van der Waals surface area contributed by atoms with Crippen LogP contribution in [-0.4, -0.2) is 18.0 Å². The van der Waals surface area contributed by atoms with Crippen molar-refractivity contribution in [1.29, 1.82) is 0 Å². The summed E-state index contributed by atoms with van der Waals surface area (Å²) in [5.74, 6) is 0.0511. The smallest absolute Gasteiger partial charge is 0.240 e. The van der Waals surface area contributed by atoms with E-state index in [1.807, 2.05) is 0 Å². The summed E-state index contributed by atoms with van der Waals surface area (Å²) in [5, 5.41) is 2.97. The van der Waals surface area contributed by atoms with Crippen LogP contribution in [0.5, 0.6) is 0 Å². The minimum Gasteiger partial charge on any atom is -0.354 e. The summed E-state index contributed by atoms with van der Waals surface area (Å²) in [7, 11) is 0. The molecule has 0 saturated heterocycles. The van der Waals surface area contributed by atoms with Gasteiger partial charge >= 0.3 is 0 Å². The van der Waals surface area contributed by atoms with Crippen LogP contribution in [0.2, 0.25) is 0 Å². The molecule has 1 amide bonds. The maximum Gasteiger partial charge on any atom is 0.240 e. The number of carbonyl (C=O) groups is 1. The Kier molecular flexibility index (Phi) is 3.64. The zero-order valence-electron chi connectivity index (χ0n) is 9.93. The Balaban J connectivity index is 1.67. The highest BCUT2D eigenvalue weighted by Gasteiger charge is 2.39. The third-order valence-corrected chi connectivity index (χ3v) is 3.81. The van der Waals surface area contributed by atoms with Crippen molar-refractivity contribution in [2.75, 3.05) is 6.54 Å². The lowest BCUT2D eigenvalue weighted by Gasteiger charge is -2.36. The third kappa shape index (κ3) is 2.64. The number of nitrogens with two attached hydrogens (primary N) is 1. The molecule has 1 fully saturated rings. The lowest BCUT2D eigenvalue weighted by atomic mass is 9.77. The van der Waals surface area contributed by atoms with E-state index in [0.717, 1.165) is 32.2 Å². The van der Waals surface area contributed by atoms with Crippen molar-refractivity contribution in [2.24, 2.45) is 5.73 Å². The first-order valence-electron chi connectivity index (χ1n) is 6.46. The molecule has 0 bridgehead atoms. The second-order valence-corrected chi connectivity index (χ2v) is 5.12. The van der Waals surface area contributed by atoms with Crippen molar-refractivity contribution in [3.8, 4) is 0 Å². The van der Waals surface area contributed by atoms with Gasteiger partial charge in [0.15, 0.2) is 0 Å². The Labute approximate surface area is 97.5 Å². The summed E-state index contributed by atoms with van der Waals surface area (Å²) in [6, 6.07) is 0. The molecule has 3 N–H and O–H groups in total. The van der Waals surface area contributed by atoms with Crippen molar-refractivity contribution in [1.82, 2.24) is 5.32 Å². The number of nitrogens with one attached hydrogen (secondary N) is 1. The summed E-state index contributed by atoms with van der Waals surface area (Å²) >= 11 is 0. The van der Waals surface area contributed by atoms with Gasteiger partial charge in [-0.15, -0.1) is 0 Å². The van der Waals surface area contributed by atoms with Gasteiger partial charge in [-0.3, -0.25) is 4.79 Å². The summed E-state index contributed by atoms with van der Waals surface area (Å²) < 4.78 is 0. The fourth-order valence-corrected chi connectivity index (χ4v) is 2.43. The molecule has 0 unspecified atom stereocenters. The predicted molar refractivity (Wildman–Crippen MR) is 64.9 cm³/mol. The minimum absolute atomic E-state index is 0.0511. The Morgan fingerprint density at radius 3 is 2.75 bits per heavy atom. The van der Waals surface area contributed by atoms with E-state index in [1.54, 1.807) is 0 Å². The van der Waals surface area contributed by atoms with Crippen molar-refractivity contribution in [3.63, 3.8) is 0 Å². The number of hydrogen-bond acceptors (Lipinski definition) is 2. The molecule has 0 spiro atoms. The topological polar surface area (TPSA) is 55.1 Å². The van der Waals surface area contributed by atoms with Crippen molar-refractivity contribution in [2.45, 2.75) is 56.9 Å². The number of amides is 1. The van der Waals surface area contributed by atoms with Gasteiger partial charge in [-0.05, 0) is 51.4 Å². The molecule has 2 aliphatic rings. The summed E-state index contributed by atoms with van der Waals surface area (Å²) in [4.78, 5) is 11.7. The molecule has 0 aromatic rings. The monoisotopic (exact) mass is 222 g/mol. The number of carbonyl (C=O) groups excluding carboxylic acids is 1. The van der Waals surface area contributed by atoms with Crippen LogP contribution in [-0.2, 0) is 4.79 Å². The lowest BCUT2D eigenvalue weighted by Crippen LogP contribution is -2.58. The highest BCUT2D eigenvalue weighted by atomic mass is 16.2. The van der Waals surface area contributed by atoms with E-state index in [0.29, 0.717) is 0 Å². The molecule has 16 heavy (non-hydrogen) atoms. The van der Waals surface area contributed by atoms with E-state index < -0.39 is 5.54 Å². The van der Waals surface area contributed by atoms with Crippen LogP contribution in [0.1, 0.15) is 51.4 Å². The molecular formula is C13H22N2O. The van der Waals surface area contributed by atoms with Crippen LogP contribution >= 0.6 is 0 Å². The molecule has 0 aromatic heterocycles. The quantitative estimate of drug-likeness (QED) is 0.713. The molecule has 3 heteroatoms. The highest BCUT2D eigenvalue weighted by Crippen LogP contribution is 2.29. The first-order chi connectivity index (χ1) is 7.71. The van der Waals surface area contributed by atoms with Crippen LogP contribution in [0.4, 0.5) is 0 Å². The molecular weight excluding hydrogens is 200 g/mol. The molecule has 0 radical (unpaired) electrons. The Hall–Kier alpha value is -0.830. The van der Waals surface area contributed by atoms with Gasteiger partial charge < -0.3 is 11.1 Å². The van der Waals surface area contributed by atoms with E-state index >= 15 is 0 Å². The maximum absolute atomic E-state index is 11.7. The van der Waals surface area contributed by atoms with Gasteiger partial charge in [0.05, 0.1) is 5.54 Å². The molecule has 0 aliphatic heterocycles. The van der Waals surface area contributed by atoms with Gasteiger partial charge in [-0.25, -0.2) is 0 Å². The van der Waals surface area contributed by atoms with E-state index in [-0.39, 0.29) is 5.91 Å². The second kappa shape index (κ2) is 5.00. The fraction of sp³-hybridized carbons (Fsp3) is 0.769.